The summed E-state index contributed by atoms with van der Waals surface area (Å²) in [4.78, 5) is 3.65. The molecule has 12 nitrogen and oxygen atoms in total. The third-order valence-corrected chi connectivity index (χ3v) is 6.96. The van der Waals surface area contributed by atoms with Gasteiger partial charge in [-0.05, 0) is 49.4 Å². The first-order chi connectivity index (χ1) is 14.9. The van der Waals surface area contributed by atoms with Gasteiger partial charge < -0.3 is 5.73 Å². The molecule has 0 aliphatic carbocycles. The summed E-state index contributed by atoms with van der Waals surface area (Å²) < 4.78 is 65.2. The number of thiazole rings is 1. The van der Waals surface area contributed by atoms with Crippen molar-refractivity contribution in [1.82, 2.24) is 14.8 Å². The predicted molar refractivity (Wildman–Crippen MR) is 116 cm³/mol. The van der Waals surface area contributed by atoms with Crippen LogP contribution < -0.4 is 5.73 Å². The van der Waals surface area contributed by atoms with E-state index >= 15 is 0 Å². The van der Waals surface area contributed by atoms with Crippen LogP contribution >= 0.6 is 11.3 Å². The fourth-order valence-electron chi connectivity index (χ4n) is 2.81. The number of azo groups is 1. The summed E-state index contributed by atoms with van der Waals surface area (Å²) in [6.07, 6.45) is 0. The standard InChI is InChI=1S/C17H14N6O6S3/c1-9-15(16(18)23(22-9)10-2-4-11(5-3-10)31(24,25)26)20-21-17-19-13-8-12(32(27,28)29)6-7-14(13)30-17/h2-8H,18H2,1H3,(H,24,25,26)(H,27,28,29). The second kappa shape index (κ2) is 7.72. The van der Waals surface area contributed by atoms with E-state index in [1.54, 1.807) is 6.92 Å². The van der Waals surface area contributed by atoms with Crippen molar-refractivity contribution in [2.24, 2.45) is 10.2 Å². The van der Waals surface area contributed by atoms with Gasteiger partial charge in [-0.15, -0.1) is 10.2 Å². The quantitative estimate of drug-likeness (QED) is 0.276. The Hall–Kier alpha value is -3.24. The number of aromatic nitrogens is 3. The van der Waals surface area contributed by atoms with Gasteiger partial charge in [0.05, 0.1) is 31.4 Å². The summed E-state index contributed by atoms with van der Waals surface area (Å²) in [5, 5.41) is 12.7. The molecule has 0 amide bonds. The minimum Gasteiger partial charge on any atom is -0.382 e. The van der Waals surface area contributed by atoms with Crippen molar-refractivity contribution in [3.05, 3.63) is 48.2 Å². The highest BCUT2D eigenvalue weighted by Crippen LogP contribution is 2.34. The normalized spacial score (nSPS) is 12.7. The molecule has 0 saturated heterocycles. The van der Waals surface area contributed by atoms with Crippen molar-refractivity contribution in [3.8, 4) is 5.69 Å². The molecular formula is C17H14N6O6S3. The third kappa shape index (κ3) is 4.23. The van der Waals surface area contributed by atoms with Crippen LogP contribution in [0.1, 0.15) is 5.69 Å². The second-order valence-corrected chi connectivity index (χ2v) is 10.4. The van der Waals surface area contributed by atoms with Gasteiger partial charge in [0.2, 0.25) is 5.13 Å². The zero-order chi connectivity index (χ0) is 23.3. The Morgan fingerprint density at radius 3 is 2.22 bits per heavy atom. The van der Waals surface area contributed by atoms with E-state index in [-0.39, 0.29) is 26.4 Å². The molecule has 4 N–H and O–H groups in total. The van der Waals surface area contributed by atoms with E-state index in [0.717, 1.165) is 11.3 Å². The summed E-state index contributed by atoms with van der Waals surface area (Å²) in [6, 6.07) is 9.27. The van der Waals surface area contributed by atoms with E-state index < -0.39 is 20.2 Å². The molecule has 0 bridgehead atoms. The topological polar surface area (TPSA) is 190 Å². The van der Waals surface area contributed by atoms with Gasteiger partial charge in [0.15, 0.2) is 11.5 Å². The first-order valence-corrected chi connectivity index (χ1v) is 12.4. The Bertz CT molecular complexity index is 1590. The van der Waals surface area contributed by atoms with Crippen LogP contribution in [-0.2, 0) is 20.2 Å². The van der Waals surface area contributed by atoms with Crippen LogP contribution in [0.3, 0.4) is 0 Å². The van der Waals surface area contributed by atoms with Crippen LogP contribution in [0.15, 0.2) is 62.5 Å². The average Bonchev–Trinajstić information content (AvgIpc) is 3.24. The van der Waals surface area contributed by atoms with Crippen molar-refractivity contribution in [2.75, 3.05) is 5.73 Å². The van der Waals surface area contributed by atoms with E-state index in [0.29, 0.717) is 21.6 Å². The first kappa shape index (κ1) is 22.0. The molecule has 0 unspecified atom stereocenters. The molecule has 4 aromatic rings. The molecule has 0 saturated carbocycles. The molecule has 15 heteroatoms. The molecule has 2 aromatic heterocycles. The predicted octanol–water partition coefficient (Wildman–Crippen LogP) is 3.28. The van der Waals surface area contributed by atoms with Gasteiger partial charge in [0.25, 0.3) is 20.2 Å². The lowest BCUT2D eigenvalue weighted by molar-refractivity contribution is 0.481. The van der Waals surface area contributed by atoms with Gasteiger partial charge in [-0.2, -0.15) is 21.9 Å². The smallest absolute Gasteiger partial charge is 0.294 e. The van der Waals surface area contributed by atoms with Gasteiger partial charge in [-0.1, -0.05) is 11.3 Å². The van der Waals surface area contributed by atoms with Crippen LogP contribution in [0, 0.1) is 6.92 Å². The Kier molecular flexibility index (Phi) is 5.30. The number of fused-ring (bicyclic) bond motifs is 1. The van der Waals surface area contributed by atoms with Crippen LogP contribution in [0.5, 0.6) is 0 Å². The van der Waals surface area contributed by atoms with Crippen molar-refractivity contribution >= 4 is 58.4 Å². The monoisotopic (exact) mass is 494 g/mol. The summed E-state index contributed by atoms with van der Waals surface area (Å²) in [5.74, 6) is 0.139. The van der Waals surface area contributed by atoms with Crippen molar-refractivity contribution in [2.45, 2.75) is 16.7 Å². The van der Waals surface area contributed by atoms with Crippen molar-refractivity contribution < 1.29 is 25.9 Å². The van der Waals surface area contributed by atoms with Crippen LogP contribution in [-0.4, -0.2) is 40.7 Å². The summed E-state index contributed by atoms with van der Waals surface area (Å²) in [5.41, 5.74) is 7.62. The zero-order valence-electron chi connectivity index (χ0n) is 16.1. The largest absolute Gasteiger partial charge is 0.382 e. The third-order valence-electron chi connectivity index (χ3n) is 4.32. The SMILES string of the molecule is Cc1nn(-c2ccc(S(=O)(=O)O)cc2)c(N)c1N=Nc1nc2cc(S(=O)(=O)O)ccc2s1. The number of aryl methyl sites for hydroxylation is 1. The Morgan fingerprint density at radius 2 is 1.59 bits per heavy atom. The number of nitrogens with zero attached hydrogens (tertiary/aromatic N) is 5. The first-order valence-electron chi connectivity index (χ1n) is 8.66. The lowest BCUT2D eigenvalue weighted by Crippen LogP contribution is -2.03. The van der Waals surface area contributed by atoms with Gasteiger partial charge >= 0.3 is 0 Å². The second-order valence-electron chi connectivity index (χ2n) is 6.50. The van der Waals surface area contributed by atoms with Gasteiger partial charge in [-0.3, -0.25) is 9.11 Å². The van der Waals surface area contributed by atoms with E-state index in [1.165, 1.54) is 47.1 Å². The van der Waals surface area contributed by atoms with E-state index in [9.17, 15) is 16.8 Å². The molecular weight excluding hydrogens is 480 g/mol. The highest BCUT2D eigenvalue weighted by atomic mass is 32.2. The average molecular weight is 495 g/mol. The maximum absolute atomic E-state index is 11.3. The summed E-state index contributed by atoms with van der Waals surface area (Å²) in [7, 11) is -8.67. The number of rotatable bonds is 5. The molecule has 0 spiro atoms. The number of nitrogen functional groups attached to an aromatic ring is 1. The fourth-order valence-corrected chi connectivity index (χ4v) is 4.56. The Labute approximate surface area is 185 Å². The number of benzene rings is 2. The highest BCUT2D eigenvalue weighted by Gasteiger charge is 2.16. The fraction of sp³-hybridized carbons (Fsp3) is 0.0588. The molecule has 0 atom stereocenters. The maximum atomic E-state index is 11.3. The van der Waals surface area contributed by atoms with Crippen LogP contribution in [0.2, 0.25) is 0 Å². The Balaban J connectivity index is 1.66. The van der Waals surface area contributed by atoms with Crippen LogP contribution in [0.25, 0.3) is 15.9 Å². The lowest BCUT2D eigenvalue weighted by atomic mass is 10.3. The summed E-state index contributed by atoms with van der Waals surface area (Å²) >= 11 is 1.16. The minimum absolute atomic E-state index is 0.139. The Morgan fingerprint density at radius 1 is 0.969 bits per heavy atom. The molecule has 166 valence electrons. The number of anilines is 1. The molecule has 4 rings (SSSR count). The highest BCUT2D eigenvalue weighted by molar-refractivity contribution is 7.86. The number of nitrogens with two attached hydrogens (primary N) is 1. The van der Waals surface area contributed by atoms with Crippen molar-refractivity contribution in [3.63, 3.8) is 0 Å². The van der Waals surface area contributed by atoms with Crippen molar-refractivity contribution in [1.29, 1.82) is 0 Å². The van der Waals surface area contributed by atoms with E-state index in [4.69, 9.17) is 14.8 Å². The lowest BCUT2D eigenvalue weighted by Gasteiger charge is -2.04. The molecule has 2 heterocycles. The molecule has 0 radical (unpaired) electrons. The van der Waals surface area contributed by atoms with Gasteiger partial charge in [0, 0.05) is 0 Å². The molecule has 32 heavy (non-hydrogen) atoms. The van der Waals surface area contributed by atoms with E-state index in [1.807, 2.05) is 0 Å². The minimum atomic E-state index is -4.35. The van der Waals surface area contributed by atoms with E-state index in [2.05, 4.69) is 20.3 Å². The number of hydrogen-bond acceptors (Lipinski definition) is 10. The summed E-state index contributed by atoms with van der Waals surface area (Å²) in [6.45, 7) is 1.66. The molecule has 0 fully saturated rings. The van der Waals surface area contributed by atoms with Gasteiger partial charge in [0.1, 0.15) is 0 Å². The number of hydrogen-bond donors (Lipinski definition) is 3. The molecule has 0 aliphatic rings. The maximum Gasteiger partial charge on any atom is 0.294 e. The zero-order valence-corrected chi connectivity index (χ0v) is 18.6. The molecule has 0 aliphatic heterocycles. The van der Waals surface area contributed by atoms with Gasteiger partial charge in [-0.25, -0.2) is 9.67 Å². The van der Waals surface area contributed by atoms with Crippen LogP contribution in [0.4, 0.5) is 16.6 Å². The molecule has 2 aromatic carbocycles.